The summed E-state index contributed by atoms with van der Waals surface area (Å²) in [5.41, 5.74) is -0.469. The molecule has 0 saturated carbocycles. The summed E-state index contributed by atoms with van der Waals surface area (Å²) in [6.07, 6.45) is -7.35. The average molecular weight is 198 g/mol. The van der Waals surface area contributed by atoms with Crippen LogP contribution in [0.1, 0.15) is 6.92 Å². The fourth-order valence-electron chi connectivity index (χ4n) is 0.510. The number of aliphatic carboxylic acids is 1. The van der Waals surface area contributed by atoms with Crippen molar-refractivity contribution < 1.29 is 27.8 Å². The Morgan fingerprint density at radius 3 is 2.23 bits per heavy atom. The molecule has 0 saturated heterocycles. The van der Waals surface area contributed by atoms with E-state index in [9.17, 15) is 18.0 Å². The third-order valence-electron chi connectivity index (χ3n) is 1.30. The van der Waals surface area contributed by atoms with Gasteiger partial charge in [0, 0.05) is 0 Å². The van der Waals surface area contributed by atoms with Crippen LogP contribution in [-0.2, 0) is 9.53 Å². The number of carboxylic acids is 1. The molecule has 0 radical (unpaired) electrons. The Bertz CT molecular complexity index is 205. The summed E-state index contributed by atoms with van der Waals surface area (Å²) in [7, 11) is 0. The lowest BCUT2D eigenvalue weighted by Crippen LogP contribution is -2.26. The number of rotatable bonds is 5. The predicted molar refractivity (Wildman–Crippen MR) is 38.2 cm³/mol. The van der Waals surface area contributed by atoms with Crippen molar-refractivity contribution in [1.82, 2.24) is 0 Å². The van der Waals surface area contributed by atoms with Crippen molar-refractivity contribution in [3.05, 3.63) is 12.2 Å². The van der Waals surface area contributed by atoms with Crippen molar-refractivity contribution in [2.75, 3.05) is 0 Å². The molecule has 3 nitrogen and oxygen atoms in total. The van der Waals surface area contributed by atoms with Gasteiger partial charge in [-0.15, -0.1) is 0 Å². The minimum atomic E-state index is -3.29. The second kappa shape index (κ2) is 4.86. The zero-order chi connectivity index (χ0) is 10.6. The molecule has 0 aliphatic carbocycles. The third-order valence-corrected chi connectivity index (χ3v) is 1.30. The molecule has 0 aromatic carbocycles. The number of halogens is 3. The van der Waals surface area contributed by atoms with Gasteiger partial charge in [0.1, 0.15) is 0 Å². The van der Waals surface area contributed by atoms with Gasteiger partial charge < -0.3 is 9.84 Å². The van der Waals surface area contributed by atoms with Gasteiger partial charge >= 0.3 is 5.97 Å². The fourth-order valence-corrected chi connectivity index (χ4v) is 0.510. The minimum Gasteiger partial charge on any atom is -0.478 e. The first-order chi connectivity index (χ1) is 5.86. The highest BCUT2D eigenvalue weighted by Gasteiger charge is 2.25. The first kappa shape index (κ1) is 12.0. The normalized spacial score (nSPS) is 15.5. The van der Waals surface area contributed by atoms with Crippen molar-refractivity contribution >= 4 is 5.97 Å². The average Bonchev–Trinajstić information content (AvgIpc) is 2.02. The van der Waals surface area contributed by atoms with Crippen LogP contribution < -0.4 is 0 Å². The van der Waals surface area contributed by atoms with E-state index in [1.54, 1.807) is 0 Å². The summed E-state index contributed by atoms with van der Waals surface area (Å²) in [5.74, 6) is -1.41. The molecule has 0 spiro atoms. The van der Waals surface area contributed by atoms with Gasteiger partial charge in [-0.3, -0.25) is 0 Å². The summed E-state index contributed by atoms with van der Waals surface area (Å²) in [6, 6.07) is 0. The Morgan fingerprint density at radius 2 is 1.92 bits per heavy atom. The highest BCUT2D eigenvalue weighted by Crippen LogP contribution is 2.13. The lowest BCUT2D eigenvalue weighted by atomic mass is 10.2. The first-order valence-electron chi connectivity index (χ1n) is 3.36. The fraction of sp³-hybridized carbons (Fsp3) is 0.571. The van der Waals surface area contributed by atoms with Crippen LogP contribution in [0.5, 0.6) is 0 Å². The maximum absolute atomic E-state index is 12.2. The van der Waals surface area contributed by atoms with E-state index in [1.165, 1.54) is 0 Å². The van der Waals surface area contributed by atoms with Crippen LogP contribution >= 0.6 is 0 Å². The van der Waals surface area contributed by atoms with Crippen molar-refractivity contribution in [3.8, 4) is 0 Å². The van der Waals surface area contributed by atoms with Crippen LogP contribution in [0.2, 0.25) is 0 Å². The maximum Gasteiger partial charge on any atom is 0.333 e. The monoisotopic (exact) mass is 198 g/mol. The standard InChI is InChI=1S/C7H9F3O3/c1-3(7(11)12)4(2)13-6(10)5(8)9/h4-6H,1H2,2H3,(H,11,12). The predicted octanol–water partition coefficient (Wildman–Crippen LogP) is 1.59. The second-order valence-corrected chi connectivity index (χ2v) is 2.29. The molecule has 0 rings (SSSR count). The summed E-state index contributed by atoms with van der Waals surface area (Å²) >= 11 is 0. The number of hydrogen-bond acceptors (Lipinski definition) is 2. The lowest BCUT2D eigenvalue weighted by Gasteiger charge is -2.15. The van der Waals surface area contributed by atoms with Gasteiger partial charge in [-0.2, -0.15) is 0 Å². The summed E-state index contributed by atoms with van der Waals surface area (Å²) in [5, 5.41) is 8.31. The van der Waals surface area contributed by atoms with Gasteiger partial charge in [0.15, 0.2) is 0 Å². The topological polar surface area (TPSA) is 46.5 Å². The van der Waals surface area contributed by atoms with E-state index in [0.29, 0.717) is 0 Å². The lowest BCUT2D eigenvalue weighted by molar-refractivity contribution is -0.152. The highest BCUT2D eigenvalue weighted by molar-refractivity contribution is 5.86. The third kappa shape index (κ3) is 3.93. The Hall–Kier alpha value is -1.04. The zero-order valence-electron chi connectivity index (χ0n) is 6.84. The van der Waals surface area contributed by atoms with E-state index in [1.807, 2.05) is 0 Å². The molecule has 2 unspecified atom stereocenters. The Labute approximate surface area is 72.8 Å². The van der Waals surface area contributed by atoms with E-state index in [2.05, 4.69) is 11.3 Å². The molecule has 0 aliphatic rings. The quantitative estimate of drug-likeness (QED) is 0.682. The molecular formula is C7H9F3O3. The maximum atomic E-state index is 12.2. The van der Waals surface area contributed by atoms with E-state index in [-0.39, 0.29) is 0 Å². The van der Waals surface area contributed by atoms with Gasteiger partial charge in [-0.1, -0.05) is 6.58 Å². The van der Waals surface area contributed by atoms with Crippen LogP contribution in [0.25, 0.3) is 0 Å². The van der Waals surface area contributed by atoms with Crippen LogP contribution in [0.3, 0.4) is 0 Å². The number of hydrogen-bond donors (Lipinski definition) is 1. The van der Waals surface area contributed by atoms with Crippen molar-refractivity contribution in [2.45, 2.75) is 25.8 Å². The first-order valence-corrected chi connectivity index (χ1v) is 3.36. The molecule has 6 heteroatoms. The van der Waals surface area contributed by atoms with Crippen LogP contribution in [0, 0.1) is 0 Å². The zero-order valence-corrected chi connectivity index (χ0v) is 6.84. The van der Waals surface area contributed by atoms with E-state index < -0.39 is 30.4 Å². The van der Waals surface area contributed by atoms with Crippen LogP contribution in [-0.4, -0.2) is 30.0 Å². The summed E-state index contributed by atoms with van der Waals surface area (Å²) in [6.45, 7) is 4.16. The number of ether oxygens (including phenoxy) is 1. The number of alkyl halides is 3. The summed E-state index contributed by atoms with van der Waals surface area (Å²) < 4.78 is 39.4. The molecule has 0 aromatic rings. The molecule has 76 valence electrons. The minimum absolute atomic E-state index is 0.469. The smallest absolute Gasteiger partial charge is 0.333 e. The number of carbonyl (C=O) groups is 1. The SMILES string of the molecule is C=C(C(=O)O)C(C)OC(F)C(F)F. The van der Waals surface area contributed by atoms with Gasteiger partial charge in [-0.25, -0.2) is 18.0 Å². The van der Waals surface area contributed by atoms with E-state index >= 15 is 0 Å². The second-order valence-electron chi connectivity index (χ2n) is 2.29. The molecule has 0 fully saturated rings. The van der Waals surface area contributed by atoms with Gasteiger partial charge in [0.25, 0.3) is 12.8 Å². The van der Waals surface area contributed by atoms with E-state index in [4.69, 9.17) is 5.11 Å². The summed E-state index contributed by atoms with van der Waals surface area (Å²) in [4.78, 5) is 10.2. The van der Waals surface area contributed by atoms with Crippen molar-refractivity contribution in [1.29, 1.82) is 0 Å². The molecule has 2 atom stereocenters. The Kier molecular flexibility index (Phi) is 4.47. The molecule has 0 heterocycles. The Balaban J connectivity index is 4.07. The molecule has 0 aliphatic heterocycles. The largest absolute Gasteiger partial charge is 0.478 e. The highest BCUT2D eigenvalue weighted by atomic mass is 19.3. The molecule has 1 N–H and O–H groups in total. The van der Waals surface area contributed by atoms with Gasteiger partial charge in [0.2, 0.25) is 0 Å². The van der Waals surface area contributed by atoms with Crippen molar-refractivity contribution in [3.63, 3.8) is 0 Å². The molecule has 0 bridgehead atoms. The molecular weight excluding hydrogens is 189 g/mol. The van der Waals surface area contributed by atoms with Gasteiger partial charge in [-0.05, 0) is 6.92 Å². The van der Waals surface area contributed by atoms with Crippen molar-refractivity contribution in [2.24, 2.45) is 0 Å². The van der Waals surface area contributed by atoms with Crippen LogP contribution in [0.15, 0.2) is 12.2 Å². The van der Waals surface area contributed by atoms with E-state index in [0.717, 1.165) is 6.92 Å². The molecule has 13 heavy (non-hydrogen) atoms. The van der Waals surface area contributed by atoms with Crippen LogP contribution in [0.4, 0.5) is 13.2 Å². The molecule has 0 aromatic heterocycles. The molecule has 0 amide bonds. The number of carboxylic acid groups (broad SMARTS) is 1. The van der Waals surface area contributed by atoms with Gasteiger partial charge in [0.05, 0.1) is 11.7 Å². The Morgan fingerprint density at radius 1 is 1.46 bits per heavy atom.